The Hall–Kier alpha value is -2.39. The lowest BCUT2D eigenvalue weighted by atomic mass is 10.1. The number of guanidine groups is 1. The quantitative estimate of drug-likeness (QED) is 0.176. The van der Waals surface area contributed by atoms with E-state index in [0.717, 1.165) is 39.2 Å². The van der Waals surface area contributed by atoms with Crippen molar-refractivity contribution in [1.29, 1.82) is 0 Å². The van der Waals surface area contributed by atoms with Gasteiger partial charge in [0.2, 0.25) is 0 Å². The Bertz CT molecular complexity index is 605. The van der Waals surface area contributed by atoms with Gasteiger partial charge in [-0.3, -0.25) is 15.1 Å². The van der Waals surface area contributed by atoms with Crippen LogP contribution in [-0.4, -0.2) is 64.0 Å². The molecular formula is C18H29N5O4. The standard InChI is InChI=1S/C18H29N5O4/c1-19-18(21-8-4-11-26-13-15-7-12-27-14-15)22-10-9-20-16-5-2-3-6-17(16)23(24)25/h2-3,5-6,15,20H,4,7-14H2,1H3,(H2,19,21,22). The van der Waals surface area contributed by atoms with Crippen molar-refractivity contribution < 1.29 is 14.4 Å². The highest BCUT2D eigenvalue weighted by Gasteiger charge is 2.15. The van der Waals surface area contributed by atoms with E-state index in [-0.39, 0.29) is 5.69 Å². The van der Waals surface area contributed by atoms with Crippen LogP contribution in [0.15, 0.2) is 29.3 Å². The van der Waals surface area contributed by atoms with Crippen LogP contribution in [0.25, 0.3) is 0 Å². The first-order valence-electron chi connectivity index (χ1n) is 9.28. The molecule has 0 aliphatic carbocycles. The summed E-state index contributed by atoms with van der Waals surface area (Å²) in [7, 11) is 1.71. The second-order valence-corrected chi connectivity index (χ2v) is 6.28. The Morgan fingerprint density at radius 2 is 2.15 bits per heavy atom. The van der Waals surface area contributed by atoms with E-state index >= 15 is 0 Å². The molecule has 1 heterocycles. The largest absolute Gasteiger partial charge is 0.381 e. The molecule has 1 aliphatic rings. The molecule has 27 heavy (non-hydrogen) atoms. The van der Waals surface area contributed by atoms with Crippen LogP contribution in [0.3, 0.4) is 0 Å². The van der Waals surface area contributed by atoms with E-state index in [1.54, 1.807) is 25.2 Å². The third kappa shape index (κ3) is 7.79. The van der Waals surface area contributed by atoms with Crippen LogP contribution in [0.4, 0.5) is 11.4 Å². The summed E-state index contributed by atoms with van der Waals surface area (Å²) in [5, 5.41) is 20.4. The monoisotopic (exact) mass is 379 g/mol. The predicted molar refractivity (Wildman–Crippen MR) is 105 cm³/mol. The molecule has 0 bridgehead atoms. The minimum absolute atomic E-state index is 0.0733. The highest BCUT2D eigenvalue weighted by molar-refractivity contribution is 5.79. The molecule has 2 rings (SSSR count). The number of anilines is 1. The van der Waals surface area contributed by atoms with Gasteiger partial charge in [0.05, 0.1) is 18.1 Å². The zero-order valence-electron chi connectivity index (χ0n) is 15.8. The van der Waals surface area contributed by atoms with E-state index in [2.05, 4.69) is 20.9 Å². The number of aliphatic imine (C=N–C) groups is 1. The Kier molecular flexibility index (Phi) is 9.36. The number of hydrogen-bond acceptors (Lipinski definition) is 6. The molecule has 1 aromatic rings. The summed E-state index contributed by atoms with van der Waals surface area (Å²) in [6.45, 7) is 5.03. The molecule has 1 aromatic carbocycles. The van der Waals surface area contributed by atoms with E-state index in [9.17, 15) is 10.1 Å². The molecule has 0 spiro atoms. The molecule has 0 amide bonds. The van der Waals surface area contributed by atoms with Gasteiger partial charge in [0, 0.05) is 51.9 Å². The Morgan fingerprint density at radius 3 is 2.89 bits per heavy atom. The highest BCUT2D eigenvalue weighted by Crippen LogP contribution is 2.22. The normalized spacial score (nSPS) is 16.9. The number of nitrogens with zero attached hydrogens (tertiary/aromatic N) is 2. The van der Waals surface area contributed by atoms with Crippen molar-refractivity contribution in [1.82, 2.24) is 10.6 Å². The first-order valence-corrected chi connectivity index (χ1v) is 9.28. The third-order valence-electron chi connectivity index (χ3n) is 4.19. The van der Waals surface area contributed by atoms with E-state index < -0.39 is 4.92 Å². The Labute approximate surface area is 159 Å². The molecule has 1 unspecified atom stereocenters. The maximum atomic E-state index is 11.0. The summed E-state index contributed by atoms with van der Waals surface area (Å²) in [5.74, 6) is 1.24. The van der Waals surface area contributed by atoms with Gasteiger partial charge in [0.1, 0.15) is 5.69 Å². The van der Waals surface area contributed by atoms with Crippen LogP contribution in [0, 0.1) is 16.0 Å². The third-order valence-corrected chi connectivity index (χ3v) is 4.19. The van der Waals surface area contributed by atoms with E-state index in [4.69, 9.17) is 9.47 Å². The lowest BCUT2D eigenvalue weighted by molar-refractivity contribution is -0.384. The van der Waals surface area contributed by atoms with Crippen molar-refractivity contribution in [2.45, 2.75) is 12.8 Å². The molecule has 1 aliphatic heterocycles. The second kappa shape index (κ2) is 12.1. The van der Waals surface area contributed by atoms with Gasteiger partial charge in [0.15, 0.2) is 5.96 Å². The van der Waals surface area contributed by atoms with E-state index in [0.29, 0.717) is 37.3 Å². The minimum Gasteiger partial charge on any atom is -0.381 e. The Balaban J connectivity index is 1.54. The predicted octanol–water partition coefficient (Wildman–Crippen LogP) is 1.61. The van der Waals surface area contributed by atoms with Crippen molar-refractivity contribution in [2.24, 2.45) is 10.9 Å². The van der Waals surface area contributed by atoms with Crippen molar-refractivity contribution in [3.05, 3.63) is 34.4 Å². The highest BCUT2D eigenvalue weighted by atomic mass is 16.6. The molecule has 0 aromatic heterocycles. The van der Waals surface area contributed by atoms with Crippen LogP contribution in [0.5, 0.6) is 0 Å². The number of nitro benzene ring substituents is 1. The molecule has 9 heteroatoms. The molecule has 1 saturated heterocycles. The fraction of sp³-hybridized carbons (Fsp3) is 0.611. The van der Waals surface area contributed by atoms with Crippen LogP contribution in [-0.2, 0) is 9.47 Å². The van der Waals surface area contributed by atoms with Gasteiger partial charge in [-0.15, -0.1) is 0 Å². The smallest absolute Gasteiger partial charge is 0.292 e. The fourth-order valence-corrected chi connectivity index (χ4v) is 2.73. The first-order chi connectivity index (χ1) is 13.2. The van der Waals surface area contributed by atoms with Gasteiger partial charge >= 0.3 is 0 Å². The fourth-order valence-electron chi connectivity index (χ4n) is 2.73. The maximum absolute atomic E-state index is 11.0. The zero-order chi connectivity index (χ0) is 19.3. The average Bonchev–Trinajstić information content (AvgIpc) is 3.19. The zero-order valence-corrected chi connectivity index (χ0v) is 15.8. The summed E-state index contributed by atoms with van der Waals surface area (Å²) in [5.41, 5.74) is 0.584. The maximum Gasteiger partial charge on any atom is 0.292 e. The van der Waals surface area contributed by atoms with E-state index in [1.165, 1.54) is 6.07 Å². The number of benzene rings is 1. The number of hydrogen-bond donors (Lipinski definition) is 3. The lowest BCUT2D eigenvalue weighted by Gasteiger charge is -2.13. The second-order valence-electron chi connectivity index (χ2n) is 6.28. The van der Waals surface area contributed by atoms with Gasteiger partial charge in [-0.2, -0.15) is 0 Å². The lowest BCUT2D eigenvalue weighted by Crippen LogP contribution is -2.40. The number of rotatable bonds is 11. The van der Waals surface area contributed by atoms with Gasteiger partial charge < -0.3 is 25.4 Å². The topological polar surface area (TPSA) is 110 Å². The summed E-state index contributed by atoms with van der Waals surface area (Å²) in [4.78, 5) is 14.8. The molecule has 1 fully saturated rings. The van der Waals surface area contributed by atoms with Gasteiger partial charge in [-0.25, -0.2) is 0 Å². The molecule has 0 radical (unpaired) electrons. The van der Waals surface area contributed by atoms with Gasteiger partial charge in [-0.05, 0) is 18.9 Å². The van der Waals surface area contributed by atoms with Crippen molar-refractivity contribution >= 4 is 17.3 Å². The van der Waals surface area contributed by atoms with Gasteiger partial charge in [-0.1, -0.05) is 12.1 Å². The van der Waals surface area contributed by atoms with Crippen molar-refractivity contribution in [2.75, 3.05) is 58.4 Å². The van der Waals surface area contributed by atoms with Crippen LogP contribution in [0.2, 0.25) is 0 Å². The van der Waals surface area contributed by atoms with Crippen molar-refractivity contribution in [3.63, 3.8) is 0 Å². The summed E-state index contributed by atoms with van der Waals surface area (Å²) in [6.07, 6.45) is 1.98. The number of nitrogens with one attached hydrogen (secondary N) is 3. The summed E-state index contributed by atoms with van der Waals surface area (Å²) in [6, 6.07) is 6.60. The Morgan fingerprint density at radius 1 is 1.33 bits per heavy atom. The number of ether oxygens (including phenoxy) is 2. The SMILES string of the molecule is CN=C(NCCCOCC1CCOC1)NCCNc1ccccc1[N+](=O)[O-]. The van der Waals surface area contributed by atoms with Crippen LogP contribution < -0.4 is 16.0 Å². The first kappa shape index (κ1) is 20.9. The molecule has 9 nitrogen and oxygen atoms in total. The van der Waals surface area contributed by atoms with Gasteiger partial charge in [0.25, 0.3) is 5.69 Å². The van der Waals surface area contributed by atoms with Crippen molar-refractivity contribution in [3.8, 4) is 0 Å². The number of para-hydroxylation sites is 2. The number of nitro groups is 1. The van der Waals surface area contributed by atoms with Crippen LogP contribution >= 0.6 is 0 Å². The average molecular weight is 379 g/mol. The van der Waals surface area contributed by atoms with E-state index in [1.807, 2.05) is 0 Å². The molecular weight excluding hydrogens is 350 g/mol. The van der Waals surface area contributed by atoms with Crippen LogP contribution in [0.1, 0.15) is 12.8 Å². The molecule has 0 saturated carbocycles. The molecule has 1 atom stereocenters. The molecule has 150 valence electrons. The summed E-state index contributed by atoms with van der Waals surface area (Å²) >= 11 is 0. The summed E-state index contributed by atoms with van der Waals surface area (Å²) < 4.78 is 11.0. The molecule has 3 N–H and O–H groups in total. The minimum atomic E-state index is -0.391.